The minimum Gasteiger partial charge on any atom is -0.396 e. The predicted octanol–water partition coefficient (Wildman–Crippen LogP) is 0.898. The molecule has 2 aliphatic heterocycles. The van der Waals surface area contributed by atoms with Gasteiger partial charge in [-0.3, -0.25) is 0 Å². The number of likely N-dealkylation sites (tertiary alicyclic amines) is 1. The van der Waals surface area contributed by atoms with Gasteiger partial charge < -0.3 is 20.6 Å². The lowest BCUT2D eigenvalue weighted by molar-refractivity contribution is 0.149. The number of aromatic nitrogens is 2. The van der Waals surface area contributed by atoms with E-state index in [0.29, 0.717) is 17.8 Å². The Morgan fingerprint density at radius 3 is 2.59 bits per heavy atom. The average Bonchev–Trinajstić information content (AvgIpc) is 2.90. The standard InChI is InChI=1S/C16H27N5O/c1-12-7-15(19-16(17)18-12)21-9-13(14(10-21)11-22)8-20-5-3-2-4-6-20/h7,13-14,22H,2-6,8-11H2,1H3,(H2,17,18,19)/t13-,14-/m1/s1. The molecule has 2 atom stereocenters. The number of aryl methyl sites for hydroxylation is 1. The van der Waals surface area contributed by atoms with Gasteiger partial charge in [0.25, 0.3) is 0 Å². The molecule has 1 aromatic heterocycles. The van der Waals surface area contributed by atoms with Crippen molar-refractivity contribution in [1.82, 2.24) is 14.9 Å². The van der Waals surface area contributed by atoms with Crippen LogP contribution < -0.4 is 10.6 Å². The van der Waals surface area contributed by atoms with Gasteiger partial charge in [0.05, 0.1) is 0 Å². The average molecular weight is 305 g/mol. The van der Waals surface area contributed by atoms with Crippen LogP contribution in [0.25, 0.3) is 0 Å². The first-order valence-corrected chi connectivity index (χ1v) is 8.35. The smallest absolute Gasteiger partial charge is 0.222 e. The Morgan fingerprint density at radius 2 is 1.91 bits per heavy atom. The van der Waals surface area contributed by atoms with Crippen LogP contribution in [-0.2, 0) is 0 Å². The van der Waals surface area contributed by atoms with Gasteiger partial charge in [0, 0.05) is 43.9 Å². The van der Waals surface area contributed by atoms with Gasteiger partial charge in [-0.15, -0.1) is 0 Å². The number of nitrogen functional groups attached to an aromatic ring is 1. The van der Waals surface area contributed by atoms with Crippen LogP contribution >= 0.6 is 0 Å². The third-order valence-electron chi connectivity index (χ3n) is 4.93. The van der Waals surface area contributed by atoms with Crippen LogP contribution in [0.1, 0.15) is 25.0 Å². The van der Waals surface area contributed by atoms with Crippen LogP contribution in [0.5, 0.6) is 0 Å². The molecular formula is C16H27N5O. The lowest BCUT2D eigenvalue weighted by atomic mass is 9.95. The topological polar surface area (TPSA) is 78.5 Å². The number of hydrogen-bond acceptors (Lipinski definition) is 6. The van der Waals surface area contributed by atoms with Crippen molar-refractivity contribution in [1.29, 1.82) is 0 Å². The van der Waals surface area contributed by atoms with E-state index in [4.69, 9.17) is 5.73 Å². The second-order valence-corrected chi connectivity index (χ2v) is 6.69. The Bertz CT molecular complexity index is 483. The fraction of sp³-hybridized carbons (Fsp3) is 0.750. The molecule has 2 fully saturated rings. The highest BCUT2D eigenvalue weighted by Crippen LogP contribution is 2.29. The van der Waals surface area contributed by atoms with Crippen molar-refractivity contribution in [2.24, 2.45) is 11.8 Å². The van der Waals surface area contributed by atoms with Crippen molar-refractivity contribution in [3.63, 3.8) is 0 Å². The maximum absolute atomic E-state index is 9.74. The van der Waals surface area contributed by atoms with Crippen LogP contribution in [0.2, 0.25) is 0 Å². The van der Waals surface area contributed by atoms with Gasteiger partial charge in [-0.25, -0.2) is 4.98 Å². The minimum absolute atomic E-state index is 0.245. The molecule has 0 aliphatic carbocycles. The summed E-state index contributed by atoms with van der Waals surface area (Å²) >= 11 is 0. The number of nitrogens with two attached hydrogens (primary N) is 1. The predicted molar refractivity (Wildman–Crippen MR) is 87.8 cm³/mol. The number of anilines is 2. The number of hydrogen-bond donors (Lipinski definition) is 2. The first-order valence-electron chi connectivity index (χ1n) is 8.35. The summed E-state index contributed by atoms with van der Waals surface area (Å²) in [7, 11) is 0. The molecule has 0 saturated carbocycles. The fourth-order valence-electron chi connectivity index (χ4n) is 3.75. The first-order chi connectivity index (χ1) is 10.7. The fourth-order valence-corrected chi connectivity index (χ4v) is 3.75. The molecule has 1 aromatic rings. The quantitative estimate of drug-likeness (QED) is 0.860. The van der Waals surface area contributed by atoms with Gasteiger partial charge in [-0.05, 0) is 38.8 Å². The highest BCUT2D eigenvalue weighted by atomic mass is 16.3. The third-order valence-corrected chi connectivity index (χ3v) is 4.93. The Hall–Kier alpha value is -1.40. The Morgan fingerprint density at radius 1 is 1.18 bits per heavy atom. The largest absolute Gasteiger partial charge is 0.396 e. The van der Waals surface area contributed by atoms with Crippen LogP contribution in [0.3, 0.4) is 0 Å². The van der Waals surface area contributed by atoms with E-state index in [-0.39, 0.29) is 6.61 Å². The summed E-state index contributed by atoms with van der Waals surface area (Å²) in [5.41, 5.74) is 6.66. The maximum atomic E-state index is 9.74. The molecule has 0 spiro atoms. The molecule has 3 heterocycles. The molecule has 6 heteroatoms. The van der Waals surface area contributed by atoms with Gasteiger partial charge in [0.1, 0.15) is 5.82 Å². The molecule has 2 saturated heterocycles. The summed E-state index contributed by atoms with van der Waals surface area (Å²) in [6, 6.07) is 1.98. The van der Waals surface area contributed by atoms with E-state index >= 15 is 0 Å². The summed E-state index contributed by atoms with van der Waals surface area (Å²) in [6.07, 6.45) is 3.97. The summed E-state index contributed by atoms with van der Waals surface area (Å²) in [5, 5.41) is 9.74. The van der Waals surface area contributed by atoms with Crippen molar-refractivity contribution in [3.8, 4) is 0 Å². The Balaban J connectivity index is 1.68. The molecule has 0 unspecified atom stereocenters. The normalized spacial score (nSPS) is 26.5. The first kappa shape index (κ1) is 15.5. The minimum atomic E-state index is 0.245. The van der Waals surface area contributed by atoms with E-state index in [1.54, 1.807) is 0 Å². The van der Waals surface area contributed by atoms with E-state index in [1.165, 1.54) is 32.4 Å². The summed E-state index contributed by atoms with van der Waals surface area (Å²) in [5.74, 6) is 2.04. The van der Waals surface area contributed by atoms with Gasteiger partial charge >= 0.3 is 0 Å². The Labute approximate surface area is 132 Å². The molecule has 3 N–H and O–H groups in total. The van der Waals surface area contributed by atoms with E-state index in [9.17, 15) is 5.11 Å². The molecule has 0 radical (unpaired) electrons. The summed E-state index contributed by atoms with van der Waals surface area (Å²) in [6.45, 7) is 7.47. The monoisotopic (exact) mass is 305 g/mol. The third kappa shape index (κ3) is 3.50. The molecule has 22 heavy (non-hydrogen) atoms. The number of aliphatic hydroxyl groups is 1. The highest BCUT2D eigenvalue weighted by molar-refractivity contribution is 5.44. The molecule has 122 valence electrons. The van der Waals surface area contributed by atoms with Gasteiger partial charge in [0.15, 0.2) is 0 Å². The van der Waals surface area contributed by atoms with Crippen LogP contribution in [0, 0.1) is 18.8 Å². The van der Waals surface area contributed by atoms with Gasteiger partial charge in [-0.2, -0.15) is 4.98 Å². The number of rotatable bonds is 4. The molecule has 0 aromatic carbocycles. The second-order valence-electron chi connectivity index (χ2n) is 6.69. The van der Waals surface area contributed by atoms with Gasteiger partial charge in [0.2, 0.25) is 5.95 Å². The van der Waals surface area contributed by atoms with Crippen molar-refractivity contribution in [2.45, 2.75) is 26.2 Å². The van der Waals surface area contributed by atoms with E-state index in [1.807, 2.05) is 13.0 Å². The molecule has 0 amide bonds. The molecular weight excluding hydrogens is 278 g/mol. The highest BCUT2D eigenvalue weighted by Gasteiger charge is 2.34. The van der Waals surface area contributed by atoms with E-state index in [0.717, 1.165) is 31.1 Å². The summed E-state index contributed by atoms with van der Waals surface area (Å²) in [4.78, 5) is 13.3. The zero-order valence-electron chi connectivity index (χ0n) is 13.4. The SMILES string of the molecule is Cc1cc(N2C[C@@H](CN3CCCCC3)[C@@H](CO)C2)nc(N)n1. The van der Waals surface area contributed by atoms with Gasteiger partial charge in [-0.1, -0.05) is 6.42 Å². The number of aliphatic hydroxyl groups excluding tert-OH is 1. The van der Waals surface area contributed by atoms with Crippen LogP contribution in [0.4, 0.5) is 11.8 Å². The zero-order valence-corrected chi connectivity index (χ0v) is 13.4. The zero-order chi connectivity index (χ0) is 15.5. The lowest BCUT2D eigenvalue weighted by Crippen LogP contribution is -2.37. The maximum Gasteiger partial charge on any atom is 0.222 e. The molecule has 3 rings (SSSR count). The van der Waals surface area contributed by atoms with Crippen molar-refractivity contribution in [3.05, 3.63) is 11.8 Å². The second kappa shape index (κ2) is 6.79. The molecule has 6 nitrogen and oxygen atoms in total. The Kier molecular flexibility index (Phi) is 4.78. The van der Waals surface area contributed by atoms with Crippen molar-refractivity contribution in [2.75, 3.05) is 50.0 Å². The molecule has 0 bridgehead atoms. The summed E-state index contributed by atoms with van der Waals surface area (Å²) < 4.78 is 0. The van der Waals surface area contributed by atoms with Crippen LogP contribution in [0.15, 0.2) is 6.07 Å². The number of nitrogens with zero attached hydrogens (tertiary/aromatic N) is 4. The lowest BCUT2D eigenvalue weighted by Gasteiger charge is -2.30. The van der Waals surface area contributed by atoms with E-state index in [2.05, 4.69) is 19.8 Å². The van der Waals surface area contributed by atoms with Crippen molar-refractivity contribution >= 4 is 11.8 Å². The van der Waals surface area contributed by atoms with Crippen LogP contribution in [-0.4, -0.2) is 59.3 Å². The number of piperidine rings is 1. The van der Waals surface area contributed by atoms with E-state index < -0.39 is 0 Å². The van der Waals surface area contributed by atoms with Crippen molar-refractivity contribution < 1.29 is 5.11 Å². The molecule has 2 aliphatic rings.